The Hall–Kier alpha value is -2.40. The van der Waals surface area contributed by atoms with Crippen molar-refractivity contribution in [1.82, 2.24) is 9.78 Å². The average molecular weight is 396 g/mol. The monoisotopic (exact) mass is 395 g/mol. The number of aromatic nitrogens is 2. The van der Waals surface area contributed by atoms with E-state index in [0.717, 1.165) is 40.7 Å². The lowest BCUT2D eigenvalue weighted by Crippen LogP contribution is -2.27. The molecule has 1 aromatic heterocycles. The predicted octanol–water partition coefficient (Wildman–Crippen LogP) is 4.36. The minimum Gasteiger partial charge on any atom is -0.325 e. The van der Waals surface area contributed by atoms with Gasteiger partial charge in [-0.3, -0.25) is 9.48 Å². The number of rotatable bonds is 5. The summed E-state index contributed by atoms with van der Waals surface area (Å²) in [5.41, 5.74) is 2.68. The molecule has 2 aromatic carbocycles. The van der Waals surface area contributed by atoms with E-state index in [1.54, 1.807) is 6.20 Å². The summed E-state index contributed by atoms with van der Waals surface area (Å²) < 4.78 is 2.88. The summed E-state index contributed by atoms with van der Waals surface area (Å²) in [5.74, 6) is 0.0745. The standard InChI is InChI=1S/C20H18BrN3O/c21-17-4-1-3-16(13-17)20(9-10-20)19(25)23-18-7-5-15(6-8-18)14-24-12-2-11-22-24/h1-8,11-13H,9-10,14H2,(H,23,25). The molecular weight excluding hydrogens is 378 g/mol. The van der Waals surface area contributed by atoms with Gasteiger partial charge in [-0.2, -0.15) is 5.10 Å². The van der Waals surface area contributed by atoms with Gasteiger partial charge in [0.15, 0.2) is 0 Å². The third-order valence-corrected chi connectivity index (χ3v) is 5.17. The van der Waals surface area contributed by atoms with Gasteiger partial charge < -0.3 is 5.32 Å². The number of benzene rings is 2. The molecule has 1 fully saturated rings. The van der Waals surface area contributed by atoms with Crippen molar-refractivity contribution in [2.45, 2.75) is 24.8 Å². The van der Waals surface area contributed by atoms with E-state index in [1.165, 1.54) is 0 Å². The van der Waals surface area contributed by atoms with Gasteiger partial charge in [-0.1, -0.05) is 40.2 Å². The number of hydrogen-bond donors (Lipinski definition) is 1. The number of halogens is 1. The molecule has 0 atom stereocenters. The first-order valence-electron chi connectivity index (χ1n) is 8.30. The van der Waals surface area contributed by atoms with E-state index in [9.17, 15) is 4.79 Å². The van der Waals surface area contributed by atoms with Crippen LogP contribution in [0, 0.1) is 0 Å². The van der Waals surface area contributed by atoms with Crippen LogP contribution in [0.15, 0.2) is 71.5 Å². The minimum absolute atomic E-state index is 0.0745. The molecular formula is C20H18BrN3O. The Morgan fingerprint density at radius 2 is 1.96 bits per heavy atom. The van der Waals surface area contributed by atoms with Crippen LogP contribution in [0.2, 0.25) is 0 Å². The highest BCUT2D eigenvalue weighted by Gasteiger charge is 2.51. The van der Waals surface area contributed by atoms with E-state index < -0.39 is 0 Å². The Balaban J connectivity index is 1.46. The van der Waals surface area contributed by atoms with Crippen molar-refractivity contribution in [3.05, 3.63) is 82.6 Å². The molecule has 0 unspecified atom stereocenters. The molecule has 4 nitrogen and oxygen atoms in total. The fourth-order valence-electron chi connectivity index (χ4n) is 3.08. The smallest absolute Gasteiger partial charge is 0.235 e. The molecule has 25 heavy (non-hydrogen) atoms. The number of hydrogen-bond acceptors (Lipinski definition) is 2. The van der Waals surface area contributed by atoms with Crippen molar-refractivity contribution in [3.8, 4) is 0 Å². The molecule has 0 saturated heterocycles. The maximum atomic E-state index is 12.8. The molecule has 1 amide bonds. The lowest BCUT2D eigenvalue weighted by Gasteiger charge is -2.16. The van der Waals surface area contributed by atoms with Crippen molar-refractivity contribution < 1.29 is 4.79 Å². The lowest BCUT2D eigenvalue weighted by molar-refractivity contribution is -0.118. The number of carbonyl (C=O) groups is 1. The van der Waals surface area contributed by atoms with Gasteiger partial charge >= 0.3 is 0 Å². The summed E-state index contributed by atoms with van der Waals surface area (Å²) in [6.45, 7) is 0.725. The molecule has 1 N–H and O–H groups in total. The summed E-state index contributed by atoms with van der Waals surface area (Å²) in [6.07, 6.45) is 5.50. The molecule has 3 aromatic rings. The van der Waals surface area contributed by atoms with Crippen LogP contribution < -0.4 is 5.32 Å². The van der Waals surface area contributed by atoms with Crippen LogP contribution >= 0.6 is 15.9 Å². The molecule has 1 aliphatic rings. The van der Waals surface area contributed by atoms with Crippen LogP contribution in [0.3, 0.4) is 0 Å². The van der Waals surface area contributed by atoms with Crippen LogP contribution in [-0.4, -0.2) is 15.7 Å². The first kappa shape index (κ1) is 16.1. The maximum absolute atomic E-state index is 12.8. The summed E-state index contributed by atoms with van der Waals surface area (Å²) in [7, 11) is 0. The zero-order valence-corrected chi connectivity index (χ0v) is 15.2. The first-order valence-corrected chi connectivity index (χ1v) is 9.09. The normalized spacial score (nSPS) is 14.9. The Kier molecular flexibility index (Phi) is 4.17. The highest BCUT2D eigenvalue weighted by atomic mass is 79.9. The van der Waals surface area contributed by atoms with E-state index >= 15 is 0 Å². The number of amides is 1. The van der Waals surface area contributed by atoms with Crippen LogP contribution in [0.25, 0.3) is 0 Å². The second-order valence-electron chi connectivity index (χ2n) is 6.45. The zero-order valence-electron chi connectivity index (χ0n) is 13.7. The fourth-order valence-corrected chi connectivity index (χ4v) is 3.48. The molecule has 126 valence electrons. The van der Waals surface area contributed by atoms with Crippen molar-refractivity contribution in [1.29, 1.82) is 0 Å². The van der Waals surface area contributed by atoms with Crippen LogP contribution in [0.5, 0.6) is 0 Å². The molecule has 0 bridgehead atoms. The maximum Gasteiger partial charge on any atom is 0.235 e. The van der Waals surface area contributed by atoms with E-state index in [1.807, 2.05) is 65.5 Å². The third-order valence-electron chi connectivity index (χ3n) is 4.68. The molecule has 1 saturated carbocycles. The highest BCUT2D eigenvalue weighted by Crippen LogP contribution is 2.49. The molecule has 1 aliphatic carbocycles. The minimum atomic E-state index is -0.377. The van der Waals surface area contributed by atoms with E-state index in [0.29, 0.717) is 0 Å². The third kappa shape index (κ3) is 3.37. The van der Waals surface area contributed by atoms with Crippen LogP contribution in [0.1, 0.15) is 24.0 Å². The summed E-state index contributed by atoms with van der Waals surface area (Å²) in [5, 5.41) is 7.28. The number of carbonyl (C=O) groups excluding carboxylic acids is 1. The van der Waals surface area contributed by atoms with Gasteiger partial charge in [0.05, 0.1) is 12.0 Å². The Bertz CT molecular complexity index is 884. The van der Waals surface area contributed by atoms with Gasteiger partial charge in [0.1, 0.15) is 0 Å². The zero-order chi connectivity index (χ0) is 17.3. The largest absolute Gasteiger partial charge is 0.325 e. The van der Waals surface area contributed by atoms with E-state index in [-0.39, 0.29) is 11.3 Å². The Morgan fingerprint density at radius 3 is 2.60 bits per heavy atom. The second-order valence-corrected chi connectivity index (χ2v) is 7.36. The molecule has 0 spiro atoms. The quantitative estimate of drug-likeness (QED) is 0.697. The lowest BCUT2D eigenvalue weighted by atomic mass is 9.95. The molecule has 4 rings (SSSR count). The molecule has 0 radical (unpaired) electrons. The Labute approximate surface area is 155 Å². The van der Waals surface area contributed by atoms with Gasteiger partial charge in [0.2, 0.25) is 5.91 Å². The average Bonchev–Trinajstić information content (AvgIpc) is 3.28. The van der Waals surface area contributed by atoms with Crippen molar-refractivity contribution in [2.24, 2.45) is 0 Å². The Morgan fingerprint density at radius 1 is 1.16 bits per heavy atom. The SMILES string of the molecule is O=C(Nc1ccc(Cn2cccn2)cc1)C1(c2cccc(Br)c2)CC1. The molecule has 5 heteroatoms. The van der Waals surface area contributed by atoms with Gasteiger partial charge in [-0.05, 0) is 54.3 Å². The fraction of sp³-hybridized carbons (Fsp3) is 0.200. The highest BCUT2D eigenvalue weighted by molar-refractivity contribution is 9.10. The topological polar surface area (TPSA) is 46.9 Å². The number of anilines is 1. The first-order chi connectivity index (χ1) is 12.2. The van der Waals surface area contributed by atoms with Gasteiger partial charge in [-0.15, -0.1) is 0 Å². The van der Waals surface area contributed by atoms with Crippen molar-refractivity contribution >= 4 is 27.5 Å². The summed E-state index contributed by atoms with van der Waals surface area (Å²) >= 11 is 3.49. The molecule has 0 aliphatic heterocycles. The van der Waals surface area contributed by atoms with E-state index in [2.05, 4.69) is 26.3 Å². The second kappa shape index (κ2) is 6.48. The van der Waals surface area contributed by atoms with Crippen molar-refractivity contribution in [2.75, 3.05) is 5.32 Å². The summed E-state index contributed by atoms with van der Waals surface area (Å²) in [4.78, 5) is 12.8. The molecule has 1 heterocycles. The van der Waals surface area contributed by atoms with Crippen LogP contribution in [-0.2, 0) is 16.8 Å². The number of nitrogens with zero attached hydrogens (tertiary/aromatic N) is 2. The van der Waals surface area contributed by atoms with Crippen LogP contribution in [0.4, 0.5) is 5.69 Å². The van der Waals surface area contributed by atoms with Gasteiger partial charge in [0.25, 0.3) is 0 Å². The predicted molar refractivity (Wildman–Crippen MR) is 101 cm³/mol. The van der Waals surface area contributed by atoms with Crippen molar-refractivity contribution in [3.63, 3.8) is 0 Å². The van der Waals surface area contributed by atoms with Gasteiger partial charge in [0, 0.05) is 22.6 Å². The number of nitrogens with one attached hydrogen (secondary N) is 1. The van der Waals surface area contributed by atoms with E-state index in [4.69, 9.17) is 0 Å². The van der Waals surface area contributed by atoms with Gasteiger partial charge in [-0.25, -0.2) is 0 Å². The summed E-state index contributed by atoms with van der Waals surface area (Å²) in [6, 6.07) is 17.9.